The number of pyridine rings is 1. The van der Waals surface area contributed by atoms with Crippen molar-refractivity contribution in [3.05, 3.63) is 48.2 Å². The Morgan fingerprint density at radius 2 is 1.77 bits per heavy atom. The number of methoxy groups -OCH3 is 1. The number of ether oxygens (including phenoxy) is 6. The number of para-hydroxylation sites is 1. The summed E-state index contributed by atoms with van der Waals surface area (Å²) in [5.41, 5.74) is 1.56. The maximum Gasteiger partial charge on any atom is 0.410 e. The number of rotatable bonds is 9. The maximum absolute atomic E-state index is 14.2. The van der Waals surface area contributed by atoms with Crippen molar-refractivity contribution in [1.29, 1.82) is 0 Å². The standard InChI is InChI=1S/C44H62N4O9/c1-11-35-44(7)41-28(5)37(45-18-19-48(41)43(51)57-44)27(4)38(53-20-14-15-30-22-31-16-12-13-17-32(31)46-24-30)29(6)39(26(3)34(49)23-36(50)55-35)56-42-40(52-10)33(47(8)9)21-25(2)54-42/h12-17,22,24-29,33,35,38-42H,11,18-21,23H2,1-10H3/b15-14+/t25-,26+,27+,28+,29+,33+,35-,38+,39-,40-,41?,42+,44-/m1/s1. The van der Waals surface area contributed by atoms with E-state index in [1.807, 2.05) is 84.4 Å². The van der Waals surface area contributed by atoms with Crippen LogP contribution in [0.1, 0.15) is 73.3 Å². The Balaban J connectivity index is 1.40. The Labute approximate surface area is 337 Å². The highest BCUT2D eigenvalue weighted by atomic mass is 16.7. The van der Waals surface area contributed by atoms with Gasteiger partial charge in [-0.15, -0.1) is 0 Å². The topological polar surface area (TPSA) is 138 Å². The summed E-state index contributed by atoms with van der Waals surface area (Å²) in [6, 6.07) is 9.60. The molecule has 1 amide bonds. The van der Waals surface area contributed by atoms with E-state index < -0.39 is 72.7 Å². The van der Waals surface area contributed by atoms with Crippen LogP contribution in [0.4, 0.5) is 4.79 Å². The third-order valence-electron chi connectivity index (χ3n) is 12.8. The summed E-state index contributed by atoms with van der Waals surface area (Å²) >= 11 is 0. The smallest absolute Gasteiger partial charge is 0.410 e. The molecule has 0 aliphatic carbocycles. The van der Waals surface area contributed by atoms with E-state index in [1.165, 1.54) is 0 Å². The second kappa shape index (κ2) is 18.0. The van der Waals surface area contributed by atoms with Crippen LogP contribution in [-0.2, 0) is 38.0 Å². The van der Waals surface area contributed by atoms with Crippen molar-refractivity contribution < 1.29 is 42.8 Å². The van der Waals surface area contributed by atoms with E-state index >= 15 is 0 Å². The maximum atomic E-state index is 14.2. The van der Waals surface area contributed by atoms with E-state index in [0.717, 1.165) is 28.6 Å². The van der Waals surface area contributed by atoms with Crippen molar-refractivity contribution in [3.8, 4) is 0 Å². The number of cyclic esters (lactones) is 1. The molecule has 6 rings (SSSR count). The van der Waals surface area contributed by atoms with Gasteiger partial charge in [0.2, 0.25) is 0 Å². The first-order valence-corrected chi connectivity index (χ1v) is 20.6. The van der Waals surface area contributed by atoms with Gasteiger partial charge in [-0.05, 0) is 58.5 Å². The van der Waals surface area contributed by atoms with E-state index in [4.69, 9.17) is 33.4 Å². The van der Waals surface area contributed by atoms with Gasteiger partial charge in [-0.1, -0.05) is 65.0 Å². The molecule has 0 saturated carbocycles. The Morgan fingerprint density at radius 1 is 1.02 bits per heavy atom. The van der Waals surface area contributed by atoms with Crippen molar-refractivity contribution in [2.24, 2.45) is 28.7 Å². The van der Waals surface area contributed by atoms with Crippen LogP contribution in [0.3, 0.4) is 0 Å². The zero-order valence-electron chi connectivity index (χ0n) is 35.3. The second-order valence-electron chi connectivity index (χ2n) is 16.8. The molecule has 0 N–H and O–H groups in total. The molecule has 4 aliphatic rings. The van der Waals surface area contributed by atoms with Gasteiger partial charge in [0.05, 0.1) is 43.0 Å². The number of nitrogens with zero attached hydrogens (tertiary/aromatic N) is 4. The molecule has 0 radical (unpaired) electrons. The van der Waals surface area contributed by atoms with Gasteiger partial charge in [-0.2, -0.15) is 0 Å². The molecule has 0 spiro atoms. The molecule has 1 aromatic heterocycles. The van der Waals surface area contributed by atoms with E-state index in [1.54, 1.807) is 18.9 Å². The molecule has 312 valence electrons. The summed E-state index contributed by atoms with van der Waals surface area (Å²) in [5, 5.41) is 1.04. The first-order valence-electron chi connectivity index (χ1n) is 20.6. The van der Waals surface area contributed by atoms with E-state index in [0.29, 0.717) is 19.5 Å². The van der Waals surface area contributed by atoms with Crippen LogP contribution in [0.2, 0.25) is 0 Å². The third-order valence-corrected chi connectivity index (χ3v) is 12.8. The molecule has 4 aliphatic heterocycles. The summed E-state index contributed by atoms with van der Waals surface area (Å²) in [4.78, 5) is 55.0. The number of aliphatic imine (C=N–C) groups is 1. The summed E-state index contributed by atoms with van der Waals surface area (Å²) < 4.78 is 38.6. The Hall–Kier alpha value is -3.75. The van der Waals surface area contributed by atoms with Crippen LogP contribution in [0.5, 0.6) is 0 Å². The zero-order chi connectivity index (χ0) is 41.2. The predicted octanol–water partition coefficient (Wildman–Crippen LogP) is 5.97. The lowest BCUT2D eigenvalue weighted by atomic mass is 9.73. The van der Waals surface area contributed by atoms with Crippen molar-refractivity contribution in [1.82, 2.24) is 14.8 Å². The minimum atomic E-state index is -1.18. The lowest BCUT2D eigenvalue weighted by Gasteiger charge is -2.46. The van der Waals surface area contributed by atoms with Gasteiger partial charge in [-0.3, -0.25) is 24.5 Å². The van der Waals surface area contributed by atoms with Gasteiger partial charge < -0.3 is 33.3 Å². The molecule has 2 aromatic rings. The zero-order valence-corrected chi connectivity index (χ0v) is 35.3. The summed E-state index contributed by atoms with van der Waals surface area (Å²) in [5.74, 6) is -2.77. The Morgan fingerprint density at radius 3 is 2.49 bits per heavy atom. The van der Waals surface area contributed by atoms with Crippen molar-refractivity contribution in [2.45, 2.75) is 122 Å². The average Bonchev–Trinajstić information content (AvgIpc) is 3.31. The molecule has 57 heavy (non-hydrogen) atoms. The van der Waals surface area contributed by atoms with Crippen LogP contribution >= 0.6 is 0 Å². The van der Waals surface area contributed by atoms with Crippen LogP contribution in [0.15, 0.2) is 47.6 Å². The first kappa shape index (κ1) is 42.8. The normalized spacial score (nSPS) is 36.9. The van der Waals surface area contributed by atoms with Gasteiger partial charge in [0, 0.05) is 60.7 Å². The van der Waals surface area contributed by atoms with Crippen molar-refractivity contribution in [3.63, 3.8) is 0 Å². The number of carbonyl (C=O) groups excluding carboxylic acids is 3. The van der Waals surface area contributed by atoms with E-state index in [-0.39, 0.29) is 36.4 Å². The Kier molecular flexibility index (Phi) is 13.6. The molecule has 5 heterocycles. The average molecular weight is 791 g/mol. The van der Waals surface area contributed by atoms with Crippen LogP contribution in [0.25, 0.3) is 17.0 Å². The van der Waals surface area contributed by atoms with Gasteiger partial charge in [0.15, 0.2) is 11.9 Å². The lowest BCUT2D eigenvalue weighted by molar-refractivity contribution is -0.286. The fourth-order valence-corrected chi connectivity index (χ4v) is 9.82. The number of likely N-dealkylation sites (N-methyl/N-ethyl adjacent to an activating group) is 1. The number of ketones is 1. The number of esters is 1. The summed E-state index contributed by atoms with van der Waals surface area (Å²) in [6.07, 6.45) is 2.55. The third kappa shape index (κ3) is 8.83. The van der Waals surface area contributed by atoms with E-state index in [9.17, 15) is 14.4 Å². The van der Waals surface area contributed by atoms with Crippen LogP contribution < -0.4 is 0 Å². The summed E-state index contributed by atoms with van der Waals surface area (Å²) in [7, 11) is 5.66. The number of amides is 1. The van der Waals surface area contributed by atoms with Gasteiger partial charge in [0.1, 0.15) is 24.4 Å². The molecular formula is C44H62N4O9. The molecule has 3 saturated heterocycles. The first-order chi connectivity index (χ1) is 27.2. The van der Waals surface area contributed by atoms with Crippen molar-refractivity contribution in [2.75, 3.05) is 40.9 Å². The highest BCUT2D eigenvalue weighted by Crippen LogP contribution is 2.43. The molecule has 2 bridgehead atoms. The number of hydrogen-bond donors (Lipinski definition) is 0. The fraction of sp³-hybridized carbons (Fsp3) is 0.659. The highest BCUT2D eigenvalue weighted by Gasteiger charge is 2.60. The number of Topliss-reactive ketones (excluding diaryl/α,β-unsaturated/α-hetero) is 1. The fourth-order valence-electron chi connectivity index (χ4n) is 9.82. The highest BCUT2D eigenvalue weighted by molar-refractivity contribution is 5.97. The predicted molar refractivity (Wildman–Crippen MR) is 217 cm³/mol. The van der Waals surface area contributed by atoms with Crippen LogP contribution in [-0.4, -0.2) is 134 Å². The SMILES string of the molecule is CC[C@H]1OC(=O)CC(=O)[C@H](C)[C@@H](O[C@@H]2O[C@H](C)C[C@H](N(C)C)[C@H]2OC)[C@@H](C)[C@@H](OC/C=C/c2cnc3ccccc3c2)[C@@H](C)C2=NCCN3C(=O)O[C@@]1(C)C3[C@H]2C. The van der Waals surface area contributed by atoms with Crippen LogP contribution in [0, 0.1) is 23.7 Å². The Bertz CT molecular complexity index is 1820. The number of benzene rings is 1. The monoisotopic (exact) mass is 790 g/mol. The van der Waals surface area contributed by atoms with E-state index in [2.05, 4.69) is 29.8 Å². The van der Waals surface area contributed by atoms with Gasteiger partial charge in [0.25, 0.3) is 0 Å². The molecule has 3 fully saturated rings. The quantitative estimate of drug-likeness (QED) is 0.219. The minimum absolute atomic E-state index is 0.0000212. The number of hydrogen-bond acceptors (Lipinski definition) is 12. The minimum Gasteiger partial charge on any atom is -0.458 e. The van der Waals surface area contributed by atoms with Gasteiger partial charge >= 0.3 is 12.1 Å². The molecule has 13 heteroatoms. The lowest BCUT2D eigenvalue weighted by Crippen LogP contribution is -2.58. The molecular weight excluding hydrogens is 729 g/mol. The number of fused-ring (bicyclic) bond motifs is 2. The molecule has 1 aromatic carbocycles. The second-order valence-corrected chi connectivity index (χ2v) is 16.8. The molecule has 13 atom stereocenters. The number of carbonyl (C=O) groups is 3. The number of aromatic nitrogens is 1. The van der Waals surface area contributed by atoms with Crippen molar-refractivity contribution >= 4 is 40.5 Å². The largest absolute Gasteiger partial charge is 0.458 e. The van der Waals surface area contributed by atoms with Gasteiger partial charge in [-0.25, -0.2) is 4.79 Å². The molecule has 1 unspecified atom stereocenters. The summed E-state index contributed by atoms with van der Waals surface area (Å²) in [6.45, 7) is 14.7. The molecule has 13 nitrogen and oxygen atoms in total.